The molecule has 250 valence electrons. The maximum atomic E-state index is 12.3. The molecule has 8 nitrogen and oxygen atoms in total. The molecule has 0 aromatic heterocycles. The van der Waals surface area contributed by atoms with Gasteiger partial charge in [-0.25, -0.2) is 0 Å². The molecule has 3 atom stereocenters. The molecule has 2 aliphatic rings. The second-order valence-electron chi connectivity index (χ2n) is 12.7. The monoisotopic (exact) mass is 640 g/mol. The van der Waals surface area contributed by atoms with Gasteiger partial charge in [-0.2, -0.15) is 0 Å². The third-order valence-corrected chi connectivity index (χ3v) is 9.21. The SMILES string of the molecule is C=CCN(C[C@H]1C[C@@H](c2ccc(CO)cc2)O[C@@H](c2cccc(-c3cccc(CNC(=O)CCCCC(=O)O)c3)c2)O1)C1CCCC1. The highest BCUT2D eigenvalue weighted by atomic mass is 16.7. The number of rotatable bonds is 16. The molecule has 5 rings (SSSR count). The van der Waals surface area contributed by atoms with Crippen molar-refractivity contribution in [3.63, 3.8) is 0 Å². The molecule has 1 aliphatic carbocycles. The molecule has 8 heteroatoms. The Morgan fingerprint density at radius 1 is 0.894 bits per heavy atom. The van der Waals surface area contributed by atoms with Gasteiger partial charge in [0, 0.05) is 50.5 Å². The number of amides is 1. The first-order chi connectivity index (χ1) is 22.9. The lowest BCUT2D eigenvalue weighted by Crippen LogP contribution is -2.43. The van der Waals surface area contributed by atoms with E-state index >= 15 is 0 Å². The molecular weight excluding hydrogens is 592 g/mol. The van der Waals surface area contributed by atoms with Crippen molar-refractivity contribution in [1.82, 2.24) is 10.2 Å². The van der Waals surface area contributed by atoms with E-state index in [1.807, 2.05) is 48.5 Å². The summed E-state index contributed by atoms with van der Waals surface area (Å²) in [5, 5.41) is 21.3. The molecule has 0 bridgehead atoms. The Kier molecular flexibility index (Phi) is 12.8. The molecule has 3 aromatic rings. The third-order valence-electron chi connectivity index (χ3n) is 9.21. The number of carbonyl (C=O) groups excluding carboxylic acids is 1. The second kappa shape index (κ2) is 17.4. The van der Waals surface area contributed by atoms with Crippen LogP contribution < -0.4 is 5.32 Å². The largest absolute Gasteiger partial charge is 0.481 e. The number of aliphatic hydroxyl groups is 1. The first-order valence-corrected chi connectivity index (χ1v) is 16.9. The minimum atomic E-state index is -0.837. The number of hydrogen-bond donors (Lipinski definition) is 3. The summed E-state index contributed by atoms with van der Waals surface area (Å²) in [6, 6.07) is 24.9. The Bertz CT molecular complexity index is 1470. The Hall–Kier alpha value is -3.82. The van der Waals surface area contributed by atoms with E-state index in [0.717, 1.165) is 52.9 Å². The summed E-state index contributed by atoms with van der Waals surface area (Å²) in [6.07, 6.45) is 8.41. The summed E-state index contributed by atoms with van der Waals surface area (Å²) < 4.78 is 13.4. The van der Waals surface area contributed by atoms with Crippen LogP contribution in [0.3, 0.4) is 0 Å². The van der Waals surface area contributed by atoms with Crippen molar-refractivity contribution in [3.8, 4) is 11.1 Å². The lowest BCUT2D eigenvalue weighted by Gasteiger charge is -2.39. The van der Waals surface area contributed by atoms with E-state index in [1.165, 1.54) is 25.7 Å². The van der Waals surface area contributed by atoms with Gasteiger partial charge in [0.2, 0.25) is 5.91 Å². The number of carboxylic acid groups (broad SMARTS) is 1. The topological polar surface area (TPSA) is 108 Å². The number of aliphatic hydroxyl groups excluding tert-OH is 1. The number of unbranched alkanes of at least 4 members (excludes halogenated alkanes) is 1. The second-order valence-corrected chi connectivity index (χ2v) is 12.7. The van der Waals surface area contributed by atoms with Crippen LogP contribution in [0.1, 0.15) is 92.4 Å². The first-order valence-electron chi connectivity index (χ1n) is 16.9. The number of hydrogen-bond acceptors (Lipinski definition) is 6. The average Bonchev–Trinajstić information content (AvgIpc) is 3.64. The number of nitrogens with zero attached hydrogens (tertiary/aromatic N) is 1. The van der Waals surface area contributed by atoms with Crippen LogP contribution in [0, 0.1) is 0 Å². The zero-order valence-corrected chi connectivity index (χ0v) is 27.2. The van der Waals surface area contributed by atoms with Crippen LogP contribution in [0.2, 0.25) is 0 Å². The standard InChI is InChI=1S/C39H48N2O6/c1-2-21-41(34-13-3-4-14-34)26-35-24-36(30-19-17-28(27-42)18-20-30)47-39(46-35)33-12-8-11-32(23-33)31-10-7-9-29(22-31)25-40-37(43)15-5-6-16-38(44)45/h2,7-12,17-20,22-23,34-36,39,42H,1,3-6,13-16,21,24-27H2,(H,40,43)(H,44,45)/t35-,36+,39+/m1/s1. The first kappa shape index (κ1) is 34.5. The number of carbonyl (C=O) groups is 2. The van der Waals surface area contributed by atoms with E-state index in [2.05, 4.69) is 47.1 Å². The summed E-state index contributed by atoms with van der Waals surface area (Å²) in [5.41, 5.74) is 5.93. The van der Waals surface area contributed by atoms with Crippen molar-refractivity contribution in [2.45, 2.75) is 95.5 Å². The number of carboxylic acids is 1. The molecule has 0 spiro atoms. The maximum Gasteiger partial charge on any atom is 0.303 e. The van der Waals surface area contributed by atoms with Crippen molar-refractivity contribution < 1.29 is 29.3 Å². The van der Waals surface area contributed by atoms with Crippen molar-refractivity contribution in [2.75, 3.05) is 13.1 Å². The molecule has 1 amide bonds. The van der Waals surface area contributed by atoms with Crippen LogP contribution in [0.5, 0.6) is 0 Å². The highest BCUT2D eigenvalue weighted by Gasteiger charge is 2.34. The Balaban J connectivity index is 1.30. The van der Waals surface area contributed by atoms with Crippen LogP contribution in [0.15, 0.2) is 85.5 Å². The Morgan fingerprint density at radius 3 is 2.34 bits per heavy atom. The summed E-state index contributed by atoms with van der Waals surface area (Å²) in [5.74, 6) is -0.917. The zero-order chi connectivity index (χ0) is 33.0. The lowest BCUT2D eigenvalue weighted by molar-refractivity contribution is -0.253. The highest BCUT2D eigenvalue weighted by molar-refractivity contribution is 5.76. The van der Waals surface area contributed by atoms with E-state index in [4.69, 9.17) is 14.6 Å². The van der Waals surface area contributed by atoms with Crippen LogP contribution >= 0.6 is 0 Å². The molecule has 1 heterocycles. The van der Waals surface area contributed by atoms with E-state index in [9.17, 15) is 14.7 Å². The average molecular weight is 641 g/mol. The summed E-state index contributed by atoms with van der Waals surface area (Å²) in [7, 11) is 0. The van der Waals surface area contributed by atoms with E-state index in [0.29, 0.717) is 31.8 Å². The number of benzene rings is 3. The quantitative estimate of drug-likeness (QED) is 0.113. The van der Waals surface area contributed by atoms with Crippen LogP contribution in [-0.2, 0) is 32.2 Å². The fourth-order valence-corrected chi connectivity index (χ4v) is 6.68. The minimum absolute atomic E-state index is 0.00697. The molecule has 1 saturated heterocycles. The Labute approximate surface area is 278 Å². The zero-order valence-electron chi connectivity index (χ0n) is 27.2. The smallest absolute Gasteiger partial charge is 0.303 e. The summed E-state index contributed by atoms with van der Waals surface area (Å²) >= 11 is 0. The molecule has 1 saturated carbocycles. The molecular formula is C39H48N2O6. The van der Waals surface area contributed by atoms with Gasteiger partial charge in [0.15, 0.2) is 6.29 Å². The number of nitrogens with one attached hydrogen (secondary N) is 1. The van der Waals surface area contributed by atoms with Gasteiger partial charge < -0.3 is 25.0 Å². The van der Waals surface area contributed by atoms with Crippen molar-refractivity contribution in [1.29, 1.82) is 0 Å². The molecule has 2 fully saturated rings. The fourth-order valence-electron chi connectivity index (χ4n) is 6.68. The Morgan fingerprint density at radius 2 is 1.62 bits per heavy atom. The van der Waals surface area contributed by atoms with E-state index in [-0.39, 0.29) is 31.1 Å². The maximum absolute atomic E-state index is 12.3. The van der Waals surface area contributed by atoms with Gasteiger partial charge in [-0.1, -0.05) is 79.6 Å². The predicted molar refractivity (Wildman–Crippen MR) is 182 cm³/mol. The van der Waals surface area contributed by atoms with Crippen LogP contribution in [0.4, 0.5) is 0 Å². The van der Waals surface area contributed by atoms with E-state index < -0.39 is 12.3 Å². The number of aliphatic carboxylic acids is 1. The van der Waals surface area contributed by atoms with Gasteiger partial charge in [-0.3, -0.25) is 14.5 Å². The van der Waals surface area contributed by atoms with Gasteiger partial charge in [-0.05, 0) is 65.6 Å². The number of ether oxygens (including phenoxy) is 2. The van der Waals surface area contributed by atoms with Gasteiger partial charge in [0.05, 0.1) is 18.8 Å². The fraction of sp³-hybridized carbons (Fsp3) is 0.436. The molecule has 0 radical (unpaired) electrons. The molecule has 47 heavy (non-hydrogen) atoms. The third kappa shape index (κ3) is 10.1. The van der Waals surface area contributed by atoms with Gasteiger partial charge in [-0.15, -0.1) is 6.58 Å². The molecule has 1 aliphatic heterocycles. The van der Waals surface area contributed by atoms with Gasteiger partial charge >= 0.3 is 5.97 Å². The minimum Gasteiger partial charge on any atom is -0.481 e. The van der Waals surface area contributed by atoms with Crippen LogP contribution in [-0.4, -0.2) is 52.2 Å². The lowest BCUT2D eigenvalue weighted by atomic mass is 9.98. The van der Waals surface area contributed by atoms with Crippen LogP contribution in [0.25, 0.3) is 11.1 Å². The predicted octanol–water partition coefficient (Wildman–Crippen LogP) is 7.08. The van der Waals surface area contributed by atoms with Crippen molar-refractivity contribution >= 4 is 11.9 Å². The summed E-state index contributed by atoms with van der Waals surface area (Å²) in [6.45, 7) is 6.09. The normalized spacial score (nSPS) is 19.9. The summed E-state index contributed by atoms with van der Waals surface area (Å²) in [4.78, 5) is 25.5. The molecule has 3 N–H and O–H groups in total. The molecule has 3 aromatic carbocycles. The molecule has 0 unspecified atom stereocenters. The van der Waals surface area contributed by atoms with Gasteiger partial charge in [0.1, 0.15) is 0 Å². The van der Waals surface area contributed by atoms with Crippen molar-refractivity contribution in [2.24, 2.45) is 0 Å². The van der Waals surface area contributed by atoms with Crippen molar-refractivity contribution in [3.05, 3.63) is 108 Å². The van der Waals surface area contributed by atoms with E-state index in [1.54, 1.807) is 0 Å². The highest BCUT2D eigenvalue weighted by Crippen LogP contribution is 2.39. The van der Waals surface area contributed by atoms with Gasteiger partial charge in [0.25, 0.3) is 0 Å².